The Kier molecular flexibility index (Phi) is 6.01. The zero-order valence-corrected chi connectivity index (χ0v) is 15.9. The van der Waals surface area contributed by atoms with Gasteiger partial charge in [-0.05, 0) is 37.6 Å². The molecule has 3 rings (SSSR count). The molecule has 0 aliphatic rings. The lowest BCUT2D eigenvalue weighted by molar-refractivity contribution is -0.103. The first kappa shape index (κ1) is 19.1. The number of benzene rings is 2. The van der Waals surface area contributed by atoms with Crippen molar-refractivity contribution >= 4 is 11.9 Å². The Bertz CT molecular complexity index is 997. The van der Waals surface area contributed by atoms with Gasteiger partial charge in [0.25, 0.3) is 0 Å². The lowest BCUT2D eigenvalue weighted by atomic mass is 10.0. The van der Waals surface area contributed by atoms with Crippen LogP contribution in [0.1, 0.15) is 18.1 Å². The van der Waals surface area contributed by atoms with E-state index in [4.69, 9.17) is 14.2 Å². The molecule has 0 fully saturated rings. The minimum Gasteiger partial charge on any atom is -0.501 e. The second-order valence-electron chi connectivity index (χ2n) is 6.01. The molecule has 0 aliphatic heterocycles. The van der Waals surface area contributed by atoms with Crippen LogP contribution in [0.3, 0.4) is 0 Å². The molecule has 0 atom stereocenters. The molecular formula is C22H20N2O4. The van der Waals surface area contributed by atoms with Crippen molar-refractivity contribution in [3.63, 3.8) is 0 Å². The van der Waals surface area contributed by atoms with E-state index in [2.05, 4.69) is 9.97 Å². The van der Waals surface area contributed by atoms with Crippen LogP contribution in [0.2, 0.25) is 0 Å². The zero-order valence-electron chi connectivity index (χ0n) is 15.9. The molecule has 0 aliphatic carbocycles. The molecule has 0 saturated carbocycles. The largest absolute Gasteiger partial charge is 0.501 e. The molecule has 6 nitrogen and oxygen atoms in total. The van der Waals surface area contributed by atoms with E-state index in [0.717, 1.165) is 11.8 Å². The van der Waals surface area contributed by atoms with Gasteiger partial charge in [0.05, 0.1) is 12.7 Å². The Balaban J connectivity index is 1.87. The van der Waals surface area contributed by atoms with E-state index in [0.29, 0.717) is 34.1 Å². The standard InChI is InChI=1S/C22H20N2O4/c1-15-12-23-22(24-13-15)28-18-8-6-7-17(11-18)27-21-10-5-4-9-19(21)20(14-25)16(2)26-3/h4-14H,1-3H3. The first-order chi connectivity index (χ1) is 13.6. The maximum Gasteiger partial charge on any atom is 0.321 e. The predicted molar refractivity (Wildman–Crippen MR) is 105 cm³/mol. The number of aldehydes is 1. The van der Waals surface area contributed by atoms with E-state index in [1.165, 1.54) is 7.11 Å². The molecule has 0 unspecified atom stereocenters. The van der Waals surface area contributed by atoms with Crippen LogP contribution in [-0.2, 0) is 9.53 Å². The van der Waals surface area contributed by atoms with Crippen molar-refractivity contribution in [1.29, 1.82) is 0 Å². The molecule has 3 aromatic rings. The summed E-state index contributed by atoms with van der Waals surface area (Å²) in [6.07, 6.45) is 4.13. The highest BCUT2D eigenvalue weighted by atomic mass is 16.5. The molecule has 0 bridgehead atoms. The van der Waals surface area contributed by atoms with Crippen LogP contribution in [0.15, 0.2) is 66.7 Å². The summed E-state index contributed by atoms with van der Waals surface area (Å²) in [5.41, 5.74) is 2.02. The van der Waals surface area contributed by atoms with Crippen molar-refractivity contribution in [1.82, 2.24) is 9.97 Å². The number of carbonyl (C=O) groups is 1. The summed E-state index contributed by atoms with van der Waals surface area (Å²) in [6, 6.07) is 14.6. The smallest absolute Gasteiger partial charge is 0.321 e. The Morgan fingerprint density at radius 2 is 1.64 bits per heavy atom. The third-order valence-corrected chi connectivity index (χ3v) is 3.98. The molecule has 1 heterocycles. The molecule has 0 spiro atoms. The van der Waals surface area contributed by atoms with Gasteiger partial charge in [-0.25, -0.2) is 9.97 Å². The molecule has 6 heteroatoms. The summed E-state index contributed by atoms with van der Waals surface area (Å²) in [6.45, 7) is 3.64. The lowest BCUT2D eigenvalue weighted by Crippen LogP contribution is -1.97. The molecule has 2 aromatic carbocycles. The van der Waals surface area contributed by atoms with E-state index in [-0.39, 0.29) is 6.01 Å². The van der Waals surface area contributed by atoms with Crippen molar-refractivity contribution in [3.8, 4) is 23.3 Å². The van der Waals surface area contributed by atoms with Crippen molar-refractivity contribution in [2.45, 2.75) is 13.8 Å². The van der Waals surface area contributed by atoms with Crippen molar-refractivity contribution < 1.29 is 19.0 Å². The van der Waals surface area contributed by atoms with Crippen LogP contribution in [0, 0.1) is 6.92 Å². The maximum absolute atomic E-state index is 11.6. The van der Waals surface area contributed by atoms with Gasteiger partial charge >= 0.3 is 6.01 Å². The number of rotatable bonds is 7. The number of aryl methyl sites for hydroxylation is 1. The van der Waals surface area contributed by atoms with E-state index >= 15 is 0 Å². The minimum atomic E-state index is 0.255. The summed E-state index contributed by atoms with van der Waals surface area (Å²) < 4.78 is 16.9. The van der Waals surface area contributed by atoms with Gasteiger partial charge in [0.1, 0.15) is 23.0 Å². The third kappa shape index (κ3) is 4.54. The van der Waals surface area contributed by atoms with Gasteiger partial charge in [0.2, 0.25) is 0 Å². The number of carbonyl (C=O) groups excluding carboxylic acids is 1. The number of nitrogens with zero attached hydrogens (tertiary/aromatic N) is 2. The Morgan fingerprint density at radius 1 is 0.964 bits per heavy atom. The fourth-order valence-corrected chi connectivity index (χ4v) is 2.49. The van der Waals surface area contributed by atoms with Gasteiger partial charge in [-0.2, -0.15) is 0 Å². The molecule has 0 N–H and O–H groups in total. The van der Waals surface area contributed by atoms with Crippen LogP contribution in [0.5, 0.6) is 23.3 Å². The van der Waals surface area contributed by atoms with E-state index in [9.17, 15) is 4.79 Å². The zero-order chi connectivity index (χ0) is 19.9. The molecule has 0 amide bonds. The van der Waals surface area contributed by atoms with E-state index < -0.39 is 0 Å². The topological polar surface area (TPSA) is 70.5 Å². The Morgan fingerprint density at radius 3 is 2.32 bits per heavy atom. The van der Waals surface area contributed by atoms with E-state index in [1.807, 2.05) is 25.1 Å². The fraction of sp³-hybridized carbons (Fsp3) is 0.136. The lowest BCUT2D eigenvalue weighted by Gasteiger charge is -2.13. The highest BCUT2D eigenvalue weighted by molar-refractivity contribution is 6.08. The molecular weight excluding hydrogens is 356 g/mol. The molecule has 0 saturated heterocycles. The molecule has 0 radical (unpaired) electrons. The van der Waals surface area contributed by atoms with Crippen molar-refractivity contribution in [2.75, 3.05) is 7.11 Å². The van der Waals surface area contributed by atoms with Crippen molar-refractivity contribution in [3.05, 3.63) is 77.8 Å². The second-order valence-corrected chi connectivity index (χ2v) is 6.01. The van der Waals surface area contributed by atoms with Gasteiger partial charge in [0, 0.05) is 24.0 Å². The highest BCUT2D eigenvalue weighted by Gasteiger charge is 2.13. The summed E-state index contributed by atoms with van der Waals surface area (Å²) in [5.74, 6) is 2.14. The van der Waals surface area contributed by atoms with Crippen LogP contribution >= 0.6 is 0 Å². The molecule has 142 valence electrons. The number of allylic oxidation sites excluding steroid dienone is 2. The Labute approximate surface area is 163 Å². The number of methoxy groups -OCH3 is 1. The SMILES string of the molecule is COC(C)=C(C=O)c1ccccc1Oc1cccc(Oc2ncc(C)cn2)c1. The monoisotopic (exact) mass is 376 g/mol. The molecule has 28 heavy (non-hydrogen) atoms. The Hall–Kier alpha value is -3.67. The first-order valence-corrected chi connectivity index (χ1v) is 8.64. The number of ether oxygens (including phenoxy) is 3. The second kappa shape index (κ2) is 8.81. The number of aromatic nitrogens is 2. The quantitative estimate of drug-likeness (QED) is 0.330. The predicted octanol–water partition coefficient (Wildman–Crippen LogP) is 4.95. The van der Waals surface area contributed by atoms with E-state index in [1.54, 1.807) is 49.6 Å². The first-order valence-electron chi connectivity index (χ1n) is 8.64. The number of hydrogen-bond acceptors (Lipinski definition) is 6. The van der Waals surface area contributed by atoms with Crippen LogP contribution in [0.4, 0.5) is 0 Å². The summed E-state index contributed by atoms with van der Waals surface area (Å²) in [7, 11) is 1.52. The fourth-order valence-electron chi connectivity index (χ4n) is 2.49. The average Bonchev–Trinajstić information content (AvgIpc) is 2.71. The normalized spacial score (nSPS) is 11.4. The van der Waals surface area contributed by atoms with Crippen LogP contribution in [0.25, 0.3) is 5.57 Å². The number of para-hydroxylation sites is 1. The van der Waals surface area contributed by atoms with Crippen LogP contribution in [-0.4, -0.2) is 23.4 Å². The van der Waals surface area contributed by atoms with Crippen molar-refractivity contribution in [2.24, 2.45) is 0 Å². The molecule has 1 aromatic heterocycles. The van der Waals surface area contributed by atoms with Gasteiger partial charge in [0.15, 0.2) is 6.29 Å². The minimum absolute atomic E-state index is 0.255. The summed E-state index contributed by atoms with van der Waals surface area (Å²) >= 11 is 0. The third-order valence-electron chi connectivity index (χ3n) is 3.98. The van der Waals surface area contributed by atoms with Gasteiger partial charge < -0.3 is 14.2 Å². The number of hydrogen-bond donors (Lipinski definition) is 0. The summed E-state index contributed by atoms with van der Waals surface area (Å²) in [4.78, 5) is 19.8. The van der Waals surface area contributed by atoms with Gasteiger partial charge in [-0.1, -0.05) is 24.3 Å². The summed E-state index contributed by atoms with van der Waals surface area (Å²) in [5, 5.41) is 0. The van der Waals surface area contributed by atoms with Gasteiger partial charge in [-0.15, -0.1) is 0 Å². The van der Waals surface area contributed by atoms with Crippen LogP contribution < -0.4 is 9.47 Å². The average molecular weight is 376 g/mol. The van der Waals surface area contributed by atoms with Gasteiger partial charge in [-0.3, -0.25) is 4.79 Å². The highest BCUT2D eigenvalue weighted by Crippen LogP contribution is 2.33. The maximum atomic E-state index is 11.6.